The molecule has 25 heavy (non-hydrogen) atoms. The van der Waals surface area contributed by atoms with E-state index in [0.717, 1.165) is 24.2 Å². The molecule has 134 valence electrons. The van der Waals surface area contributed by atoms with E-state index in [1.807, 2.05) is 4.68 Å². The van der Waals surface area contributed by atoms with Crippen LogP contribution in [0.5, 0.6) is 0 Å². The Morgan fingerprint density at radius 3 is 2.48 bits per heavy atom. The Balaban J connectivity index is 1.98. The van der Waals surface area contributed by atoms with Gasteiger partial charge in [0.05, 0.1) is 12.6 Å². The van der Waals surface area contributed by atoms with Gasteiger partial charge in [-0.2, -0.15) is 0 Å². The van der Waals surface area contributed by atoms with E-state index >= 15 is 0 Å². The molecule has 0 radical (unpaired) electrons. The Labute approximate surface area is 149 Å². The van der Waals surface area contributed by atoms with Crippen LogP contribution in [0.4, 0.5) is 0 Å². The lowest BCUT2D eigenvalue weighted by atomic mass is 9.95. The van der Waals surface area contributed by atoms with Crippen LogP contribution in [-0.4, -0.2) is 27.3 Å². The summed E-state index contributed by atoms with van der Waals surface area (Å²) in [5.41, 5.74) is 2.29. The summed E-state index contributed by atoms with van der Waals surface area (Å²) in [5, 5.41) is 4.52. The van der Waals surface area contributed by atoms with Gasteiger partial charge in [-0.05, 0) is 31.2 Å². The predicted molar refractivity (Wildman–Crippen MR) is 97.6 cm³/mol. The second-order valence-electron chi connectivity index (χ2n) is 6.99. The smallest absolute Gasteiger partial charge is 0.378 e. The van der Waals surface area contributed by atoms with Crippen LogP contribution in [-0.2, 0) is 4.74 Å². The SMILES string of the molecule is CCOC(=O)c1nc(-c2ccc(C(C)C)cc2)n(C2CCCCC2)n1. The number of aromatic nitrogens is 3. The van der Waals surface area contributed by atoms with Gasteiger partial charge in [0.1, 0.15) is 0 Å². The molecule has 1 heterocycles. The van der Waals surface area contributed by atoms with Crippen LogP contribution >= 0.6 is 0 Å². The van der Waals surface area contributed by atoms with Gasteiger partial charge in [0, 0.05) is 5.56 Å². The molecule has 1 aromatic heterocycles. The molecule has 1 aromatic carbocycles. The third-order valence-electron chi connectivity index (χ3n) is 4.85. The third kappa shape index (κ3) is 3.91. The number of esters is 1. The number of nitrogens with zero attached hydrogens (tertiary/aromatic N) is 3. The zero-order chi connectivity index (χ0) is 17.8. The minimum Gasteiger partial charge on any atom is -0.460 e. The van der Waals surface area contributed by atoms with Crippen LogP contribution in [0.15, 0.2) is 24.3 Å². The molecule has 0 bridgehead atoms. The highest BCUT2D eigenvalue weighted by atomic mass is 16.5. The second kappa shape index (κ2) is 7.81. The van der Waals surface area contributed by atoms with Gasteiger partial charge in [0.25, 0.3) is 5.82 Å². The molecule has 0 spiro atoms. The fraction of sp³-hybridized carbons (Fsp3) is 0.550. The third-order valence-corrected chi connectivity index (χ3v) is 4.85. The van der Waals surface area contributed by atoms with Crippen LogP contribution in [0.3, 0.4) is 0 Å². The molecular weight excluding hydrogens is 314 g/mol. The van der Waals surface area contributed by atoms with E-state index in [1.165, 1.54) is 24.8 Å². The molecule has 0 aliphatic heterocycles. The van der Waals surface area contributed by atoms with Crippen LogP contribution in [0.2, 0.25) is 0 Å². The molecule has 0 unspecified atom stereocenters. The molecule has 0 amide bonds. The average Bonchev–Trinajstić information content (AvgIpc) is 3.08. The molecule has 5 nitrogen and oxygen atoms in total. The molecule has 1 saturated carbocycles. The summed E-state index contributed by atoms with van der Waals surface area (Å²) in [7, 11) is 0. The van der Waals surface area contributed by atoms with E-state index in [0.29, 0.717) is 18.6 Å². The van der Waals surface area contributed by atoms with Gasteiger partial charge in [-0.25, -0.2) is 14.5 Å². The lowest BCUT2D eigenvalue weighted by molar-refractivity contribution is 0.0511. The second-order valence-corrected chi connectivity index (χ2v) is 6.99. The molecule has 1 aliphatic carbocycles. The molecule has 3 rings (SSSR count). The number of benzene rings is 1. The van der Waals surface area contributed by atoms with E-state index in [9.17, 15) is 4.79 Å². The van der Waals surface area contributed by atoms with Gasteiger partial charge in [-0.15, -0.1) is 5.10 Å². The fourth-order valence-corrected chi connectivity index (χ4v) is 3.40. The van der Waals surface area contributed by atoms with Gasteiger partial charge in [0.15, 0.2) is 5.82 Å². The number of hydrogen-bond acceptors (Lipinski definition) is 4. The van der Waals surface area contributed by atoms with Crippen molar-refractivity contribution in [3.8, 4) is 11.4 Å². The maximum absolute atomic E-state index is 12.1. The van der Waals surface area contributed by atoms with E-state index < -0.39 is 5.97 Å². The van der Waals surface area contributed by atoms with Crippen molar-refractivity contribution in [2.24, 2.45) is 0 Å². The average molecular weight is 341 g/mol. The number of hydrogen-bond donors (Lipinski definition) is 0. The largest absolute Gasteiger partial charge is 0.460 e. The highest BCUT2D eigenvalue weighted by Crippen LogP contribution is 2.32. The van der Waals surface area contributed by atoms with Gasteiger partial charge >= 0.3 is 5.97 Å². The van der Waals surface area contributed by atoms with Crippen molar-refractivity contribution in [1.29, 1.82) is 0 Å². The first kappa shape index (κ1) is 17.6. The highest BCUT2D eigenvalue weighted by molar-refractivity contribution is 5.85. The number of ether oxygens (including phenoxy) is 1. The molecule has 1 fully saturated rings. The van der Waals surface area contributed by atoms with Crippen molar-refractivity contribution in [2.45, 2.75) is 64.8 Å². The molecule has 2 aromatic rings. The maximum Gasteiger partial charge on any atom is 0.378 e. The summed E-state index contributed by atoms with van der Waals surface area (Å²) < 4.78 is 7.05. The van der Waals surface area contributed by atoms with Gasteiger partial charge in [0.2, 0.25) is 0 Å². The van der Waals surface area contributed by atoms with Gasteiger partial charge < -0.3 is 4.74 Å². The highest BCUT2D eigenvalue weighted by Gasteiger charge is 2.24. The Hall–Kier alpha value is -2.17. The monoisotopic (exact) mass is 341 g/mol. The van der Waals surface area contributed by atoms with Crippen molar-refractivity contribution >= 4 is 5.97 Å². The fourth-order valence-electron chi connectivity index (χ4n) is 3.40. The Kier molecular flexibility index (Phi) is 5.51. The Morgan fingerprint density at radius 2 is 1.88 bits per heavy atom. The van der Waals surface area contributed by atoms with Gasteiger partial charge in [-0.3, -0.25) is 0 Å². The molecule has 0 saturated heterocycles. The summed E-state index contributed by atoms with van der Waals surface area (Å²) in [6, 6.07) is 8.72. The molecule has 0 atom stereocenters. The maximum atomic E-state index is 12.1. The van der Waals surface area contributed by atoms with E-state index in [4.69, 9.17) is 4.74 Å². The first-order valence-electron chi connectivity index (χ1n) is 9.34. The molecule has 0 N–H and O–H groups in total. The first-order chi connectivity index (χ1) is 12.1. The zero-order valence-electron chi connectivity index (χ0n) is 15.4. The summed E-state index contributed by atoms with van der Waals surface area (Å²) in [6.45, 7) is 6.48. The number of rotatable bonds is 5. The molecule has 5 heteroatoms. The molecular formula is C20H27N3O2. The lowest BCUT2D eigenvalue weighted by Gasteiger charge is -2.23. The van der Waals surface area contributed by atoms with Crippen LogP contribution in [0, 0.1) is 0 Å². The van der Waals surface area contributed by atoms with Crippen molar-refractivity contribution in [1.82, 2.24) is 14.8 Å². The Morgan fingerprint density at radius 1 is 1.20 bits per heavy atom. The van der Waals surface area contributed by atoms with Crippen molar-refractivity contribution in [3.05, 3.63) is 35.7 Å². The minimum absolute atomic E-state index is 0.162. The molecule has 1 aliphatic rings. The van der Waals surface area contributed by atoms with Crippen molar-refractivity contribution in [3.63, 3.8) is 0 Å². The summed E-state index contributed by atoms with van der Waals surface area (Å²) in [4.78, 5) is 16.6. The predicted octanol–water partition coefficient (Wildman–Crippen LogP) is 4.75. The van der Waals surface area contributed by atoms with Crippen LogP contribution < -0.4 is 0 Å². The van der Waals surface area contributed by atoms with Gasteiger partial charge in [-0.1, -0.05) is 57.4 Å². The zero-order valence-corrected chi connectivity index (χ0v) is 15.4. The minimum atomic E-state index is -0.447. The van der Waals surface area contributed by atoms with Crippen LogP contribution in [0.25, 0.3) is 11.4 Å². The van der Waals surface area contributed by atoms with Crippen molar-refractivity contribution in [2.75, 3.05) is 6.61 Å². The van der Waals surface area contributed by atoms with E-state index in [2.05, 4.69) is 48.2 Å². The topological polar surface area (TPSA) is 57.0 Å². The van der Waals surface area contributed by atoms with E-state index in [-0.39, 0.29) is 5.82 Å². The standard InChI is InChI=1S/C20H27N3O2/c1-4-25-20(24)18-21-19(16-12-10-15(11-13-16)14(2)3)23(22-18)17-8-6-5-7-9-17/h10-14,17H,4-9H2,1-3H3. The summed E-state index contributed by atoms with van der Waals surface area (Å²) in [6.07, 6.45) is 5.84. The van der Waals surface area contributed by atoms with E-state index in [1.54, 1.807) is 6.92 Å². The number of carbonyl (C=O) groups is 1. The lowest BCUT2D eigenvalue weighted by Crippen LogP contribution is -2.16. The normalized spacial score (nSPS) is 15.5. The van der Waals surface area contributed by atoms with Crippen molar-refractivity contribution < 1.29 is 9.53 Å². The summed E-state index contributed by atoms with van der Waals surface area (Å²) >= 11 is 0. The van der Waals surface area contributed by atoms with Crippen LogP contribution in [0.1, 0.15) is 81.0 Å². The Bertz CT molecular complexity index is 713. The first-order valence-corrected chi connectivity index (χ1v) is 9.34. The number of carbonyl (C=O) groups excluding carboxylic acids is 1. The quantitative estimate of drug-likeness (QED) is 0.736. The summed E-state index contributed by atoms with van der Waals surface area (Å²) in [5.74, 6) is 0.970.